The number of carbonyl (C=O) groups excluding carboxylic acids is 1. The molecule has 0 atom stereocenters. The zero-order valence-electron chi connectivity index (χ0n) is 19.3. The number of sulfonamides is 1. The van der Waals surface area contributed by atoms with Gasteiger partial charge in [0.1, 0.15) is 15.9 Å². The largest absolute Gasteiger partial charge is 0.355 e. The minimum atomic E-state index is -3.66. The van der Waals surface area contributed by atoms with Crippen LogP contribution in [-0.4, -0.2) is 54.7 Å². The molecule has 182 valence electrons. The van der Waals surface area contributed by atoms with Crippen molar-refractivity contribution in [2.45, 2.75) is 37.1 Å². The van der Waals surface area contributed by atoms with Gasteiger partial charge in [-0.25, -0.2) is 13.1 Å². The van der Waals surface area contributed by atoms with Crippen LogP contribution in [0, 0.1) is 11.8 Å². The number of likely N-dealkylation sites (N-methyl/N-ethyl adjacent to an activating group) is 1. The van der Waals surface area contributed by atoms with E-state index in [-0.39, 0.29) is 22.6 Å². The molecule has 34 heavy (non-hydrogen) atoms. The van der Waals surface area contributed by atoms with Crippen LogP contribution in [-0.2, 0) is 21.4 Å². The highest BCUT2D eigenvalue weighted by molar-refractivity contribution is 7.89. The Morgan fingerprint density at radius 2 is 1.82 bits per heavy atom. The van der Waals surface area contributed by atoms with Gasteiger partial charge < -0.3 is 10.2 Å². The number of rotatable bonds is 10. The van der Waals surface area contributed by atoms with Crippen LogP contribution in [0.5, 0.6) is 0 Å². The molecule has 10 heteroatoms. The Hall–Kier alpha value is -2.40. The second-order valence-electron chi connectivity index (χ2n) is 8.97. The average molecular weight is 502 g/mol. The average Bonchev–Trinajstić information content (AvgIpc) is 3.33. The van der Waals surface area contributed by atoms with Crippen molar-refractivity contribution in [3.05, 3.63) is 54.1 Å². The van der Waals surface area contributed by atoms with Crippen molar-refractivity contribution in [3.63, 3.8) is 0 Å². The molecule has 1 saturated carbocycles. The van der Waals surface area contributed by atoms with Crippen molar-refractivity contribution in [1.82, 2.24) is 23.7 Å². The first-order valence-corrected chi connectivity index (χ1v) is 13.8. The molecule has 0 radical (unpaired) electrons. The van der Waals surface area contributed by atoms with Gasteiger partial charge in [-0.2, -0.15) is 8.75 Å². The maximum Gasteiger partial charge on any atom is 0.242 e. The summed E-state index contributed by atoms with van der Waals surface area (Å²) in [6, 6.07) is 15.3. The van der Waals surface area contributed by atoms with E-state index in [2.05, 4.69) is 42.9 Å². The molecule has 1 fully saturated rings. The molecule has 8 nitrogen and oxygen atoms in total. The van der Waals surface area contributed by atoms with Crippen molar-refractivity contribution in [1.29, 1.82) is 0 Å². The van der Waals surface area contributed by atoms with Crippen molar-refractivity contribution >= 4 is 38.7 Å². The topological polar surface area (TPSA) is 104 Å². The molecular weight excluding hydrogens is 470 g/mol. The molecule has 4 rings (SSSR count). The monoisotopic (exact) mass is 501 g/mol. The van der Waals surface area contributed by atoms with Crippen molar-refractivity contribution in [2.75, 3.05) is 26.7 Å². The molecule has 2 aromatic carbocycles. The molecule has 1 aromatic heterocycles. The molecule has 0 saturated heterocycles. The smallest absolute Gasteiger partial charge is 0.242 e. The van der Waals surface area contributed by atoms with E-state index < -0.39 is 10.0 Å². The first kappa shape index (κ1) is 24.7. The van der Waals surface area contributed by atoms with Gasteiger partial charge in [0.15, 0.2) is 0 Å². The van der Waals surface area contributed by atoms with E-state index in [0.29, 0.717) is 24.1 Å². The SMILES string of the molecule is CN(CCNC(=O)C1CCC(CNS(=O)(=O)c2cccc3nsnc23)CC1)Cc1ccccc1. The fourth-order valence-corrected chi connectivity index (χ4v) is 6.30. The van der Waals surface area contributed by atoms with Crippen LogP contribution < -0.4 is 10.0 Å². The van der Waals surface area contributed by atoms with E-state index in [4.69, 9.17) is 0 Å². The molecule has 1 amide bonds. The Morgan fingerprint density at radius 1 is 1.06 bits per heavy atom. The van der Waals surface area contributed by atoms with E-state index in [9.17, 15) is 13.2 Å². The van der Waals surface area contributed by atoms with Gasteiger partial charge in [0.2, 0.25) is 15.9 Å². The molecule has 1 aliphatic rings. The van der Waals surface area contributed by atoms with Crippen LogP contribution in [0.15, 0.2) is 53.4 Å². The number of aromatic nitrogens is 2. The number of nitrogens with zero attached hydrogens (tertiary/aromatic N) is 3. The maximum absolute atomic E-state index is 12.8. The summed E-state index contributed by atoms with van der Waals surface area (Å²) >= 11 is 1.01. The number of hydrogen-bond acceptors (Lipinski definition) is 7. The van der Waals surface area contributed by atoms with E-state index in [0.717, 1.165) is 50.5 Å². The Bertz CT molecular complexity index is 1190. The molecule has 0 aliphatic heterocycles. The zero-order chi connectivity index (χ0) is 24.0. The van der Waals surface area contributed by atoms with Crippen molar-refractivity contribution < 1.29 is 13.2 Å². The molecule has 0 spiro atoms. The molecule has 0 bridgehead atoms. The second-order valence-corrected chi connectivity index (χ2v) is 11.2. The van der Waals surface area contributed by atoms with Gasteiger partial charge >= 0.3 is 0 Å². The van der Waals surface area contributed by atoms with E-state index in [1.54, 1.807) is 18.2 Å². The van der Waals surface area contributed by atoms with Crippen molar-refractivity contribution in [3.8, 4) is 0 Å². The predicted molar refractivity (Wildman–Crippen MR) is 134 cm³/mol. The highest BCUT2D eigenvalue weighted by Crippen LogP contribution is 2.29. The zero-order valence-corrected chi connectivity index (χ0v) is 20.9. The summed E-state index contributed by atoms with van der Waals surface area (Å²) in [4.78, 5) is 15.0. The van der Waals surface area contributed by atoms with Gasteiger partial charge in [0, 0.05) is 32.1 Å². The summed E-state index contributed by atoms with van der Waals surface area (Å²) < 4.78 is 36.6. The van der Waals surface area contributed by atoms with Crippen LogP contribution in [0.25, 0.3) is 11.0 Å². The maximum atomic E-state index is 12.8. The lowest BCUT2D eigenvalue weighted by atomic mass is 9.81. The summed E-state index contributed by atoms with van der Waals surface area (Å²) in [5.74, 6) is 0.334. The predicted octanol–water partition coefficient (Wildman–Crippen LogP) is 3.02. The highest BCUT2D eigenvalue weighted by Gasteiger charge is 2.28. The third-order valence-corrected chi connectivity index (χ3v) is 8.40. The summed E-state index contributed by atoms with van der Waals surface area (Å²) in [7, 11) is -1.61. The Labute approximate surface area is 205 Å². The third kappa shape index (κ3) is 6.38. The summed E-state index contributed by atoms with van der Waals surface area (Å²) in [6.45, 7) is 2.64. The standard InChI is InChI=1S/C24H31N5O3S2/c1-29(17-19-6-3-2-4-7-19)15-14-25-24(30)20-12-10-18(11-13-20)16-26-34(31,32)22-9-5-8-21-23(22)28-33-27-21/h2-9,18,20,26H,10-17H2,1H3,(H,25,30). The van der Waals surface area contributed by atoms with Gasteiger partial charge in [-0.15, -0.1) is 0 Å². The van der Waals surface area contributed by atoms with E-state index in [1.807, 2.05) is 18.2 Å². The van der Waals surface area contributed by atoms with Crippen LogP contribution in [0.4, 0.5) is 0 Å². The molecular formula is C24H31N5O3S2. The summed E-state index contributed by atoms with van der Waals surface area (Å²) in [5, 5.41) is 3.07. The van der Waals surface area contributed by atoms with Crippen LogP contribution in [0.2, 0.25) is 0 Å². The second kappa shape index (κ2) is 11.4. The lowest BCUT2D eigenvalue weighted by molar-refractivity contribution is -0.126. The Balaban J connectivity index is 1.17. The fraction of sp³-hybridized carbons (Fsp3) is 0.458. The molecule has 0 unspecified atom stereocenters. The normalized spacial score (nSPS) is 18.9. The van der Waals surface area contributed by atoms with Crippen LogP contribution in [0.3, 0.4) is 0 Å². The third-order valence-electron chi connectivity index (χ3n) is 6.41. The lowest BCUT2D eigenvalue weighted by Crippen LogP contribution is -2.38. The molecule has 1 aliphatic carbocycles. The minimum Gasteiger partial charge on any atom is -0.355 e. The number of nitrogens with one attached hydrogen (secondary N) is 2. The molecule has 3 aromatic rings. The first-order valence-electron chi connectivity index (χ1n) is 11.6. The Morgan fingerprint density at radius 3 is 2.59 bits per heavy atom. The quantitative estimate of drug-likeness (QED) is 0.443. The summed E-state index contributed by atoms with van der Waals surface area (Å²) in [6.07, 6.45) is 3.22. The van der Waals surface area contributed by atoms with Crippen LogP contribution in [0.1, 0.15) is 31.2 Å². The number of fused-ring (bicyclic) bond motifs is 1. The number of amides is 1. The van der Waals surface area contributed by atoms with Gasteiger partial charge in [0.25, 0.3) is 0 Å². The van der Waals surface area contributed by atoms with Crippen LogP contribution >= 0.6 is 11.7 Å². The number of hydrogen-bond donors (Lipinski definition) is 2. The highest BCUT2D eigenvalue weighted by atomic mass is 32.2. The van der Waals surface area contributed by atoms with E-state index in [1.165, 1.54) is 5.56 Å². The Kier molecular flexibility index (Phi) is 8.25. The summed E-state index contributed by atoms with van der Waals surface area (Å²) in [5.41, 5.74) is 2.26. The van der Waals surface area contributed by atoms with Gasteiger partial charge in [-0.1, -0.05) is 36.4 Å². The van der Waals surface area contributed by atoms with Gasteiger partial charge in [-0.05, 0) is 56.3 Å². The van der Waals surface area contributed by atoms with E-state index >= 15 is 0 Å². The van der Waals surface area contributed by atoms with Crippen molar-refractivity contribution in [2.24, 2.45) is 11.8 Å². The lowest BCUT2D eigenvalue weighted by Gasteiger charge is -2.28. The molecule has 1 heterocycles. The molecule has 2 N–H and O–H groups in total. The van der Waals surface area contributed by atoms with Gasteiger partial charge in [-0.3, -0.25) is 4.79 Å². The fourth-order valence-electron chi connectivity index (χ4n) is 4.42. The van der Waals surface area contributed by atoms with Gasteiger partial charge in [0.05, 0.1) is 11.7 Å². The number of carbonyl (C=O) groups is 1. The number of benzene rings is 2. The first-order chi connectivity index (χ1) is 16.4. The minimum absolute atomic E-state index is 0.00196.